The Labute approximate surface area is 162 Å². The Morgan fingerprint density at radius 3 is 2.52 bits per heavy atom. The van der Waals surface area contributed by atoms with Gasteiger partial charge in [-0.3, -0.25) is 14.8 Å². The highest BCUT2D eigenvalue weighted by Gasteiger charge is 2.30. The Morgan fingerprint density at radius 2 is 1.85 bits per heavy atom. The van der Waals surface area contributed by atoms with E-state index in [0.717, 1.165) is 33.1 Å². The van der Waals surface area contributed by atoms with E-state index in [1.165, 1.54) is 11.1 Å². The molecule has 2 heterocycles. The van der Waals surface area contributed by atoms with Gasteiger partial charge < -0.3 is 0 Å². The molecule has 0 aliphatic heterocycles. The lowest BCUT2D eigenvalue weighted by Crippen LogP contribution is -2.02. The second-order valence-electron chi connectivity index (χ2n) is 6.72. The number of carbonyl (C=O) groups excluding carboxylic acids is 1. The van der Waals surface area contributed by atoms with Gasteiger partial charge >= 0.3 is 0 Å². The highest BCUT2D eigenvalue weighted by Crippen LogP contribution is 2.45. The van der Waals surface area contributed by atoms with Crippen LogP contribution in [-0.4, -0.2) is 20.7 Å². The number of carbonyl (C=O) groups is 1. The lowest BCUT2D eigenvalue weighted by Gasteiger charge is -2.17. The predicted octanol–water partition coefficient (Wildman–Crippen LogP) is 4.99. The molecule has 1 atom stereocenters. The van der Waals surface area contributed by atoms with Gasteiger partial charge in [0.2, 0.25) is 0 Å². The Kier molecular flexibility index (Phi) is 4.54. The number of allylic oxidation sites excluding steroid dienone is 4. The zero-order chi connectivity index (χ0) is 19.0. The lowest BCUT2D eigenvalue weighted by atomic mass is 9.87. The summed E-state index contributed by atoms with van der Waals surface area (Å²) in [5, 5.41) is 2.86. The first-order chi connectivity index (χ1) is 13.0. The summed E-state index contributed by atoms with van der Waals surface area (Å²) in [6.07, 6.45) is 7.03. The van der Waals surface area contributed by atoms with Crippen molar-refractivity contribution in [1.82, 2.24) is 15.0 Å². The minimum absolute atomic E-state index is 0.0429. The molecule has 0 amide bonds. The fourth-order valence-corrected chi connectivity index (χ4v) is 4.25. The summed E-state index contributed by atoms with van der Waals surface area (Å²) in [7, 11) is 0. The van der Waals surface area contributed by atoms with E-state index in [1.807, 2.05) is 18.4 Å². The average Bonchev–Trinajstić information content (AvgIpc) is 3.28. The molecule has 0 saturated heterocycles. The number of rotatable bonds is 4. The maximum atomic E-state index is 12.2. The minimum Gasteiger partial charge on any atom is -0.295 e. The number of hydrogen-bond acceptors (Lipinski definition) is 5. The second kappa shape index (κ2) is 7.00. The standard InChI is InChI=1S/C22H19N3OS/c1-13-4-6-16(7-5-13)21-14(2)17(15(3)26)10-18(21)20-12-27-22(25-20)19-11-23-8-9-24-19/h4-12,21H,1-3H3. The first kappa shape index (κ1) is 17.5. The van der Waals surface area contributed by atoms with Crippen molar-refractivity contribution in [3.63, 3.8) is 0 Å². The first-order valence-corrected chi connectivity index (χ1v) is 9.64. The van der Waals surface area contributed by atoms with E-state index in [0.29, 0.717) is 0 Å². The van der Waals surface area contributed by atoms with Crippen LogP contribution in [-0.2, 0) is 4.79 Å². The van der Waals surface area contributed by atoms with Gasteiger partial charge in [-0.25, -0.2) is 4.98 Å². The summed E-state index contributed by atoms with van der Waals surface area (Å²) < 4.78 is 0. The van der Waals surface area contributed by atoms with Crippen molar-refractivity contribution in [2.75, 3.05) is 0 Å². The number of benzene rings is 1. The van der Waals surface area contributed by atoms with Crippen LogP contribution in [0.3, 0.4) is 0 Å². The van der Waals surface area contributed by atoms with Crippen molar-refractivity contribution in [2.24, 2.45) is 0 Å². The van der Waals surface area contributed by atoms with Crippen molar-refractivity contribution in [3.8, 4) is 10.7 Å². The van der Waals surface area contributed by atoms with Crippen molar-refractivity contribution >= 4 is 22.7 Å². The summed E-state index contributed by atoms with van der Waals surface area (Å²) >= 11 is 1.54. The summed E-state index contributed by atoms with van der Waals surface area (Å²) in [5.41, 5.74) is 6.97. The van der Waals surface area contributed by atoms with Crippen LogP contribution in [0.15, 0.2) is 65.5 Å². The zero-order valence-corrected chi connectivity index (χ0v) is 16.2. The fraction of sp³-hybridized carbons (Fsp3) is 0.182. The van der Waals surface area contributed by atoms with Crippen LogP contribution in [0, 0.1) is 6.92 Å². The molecule has 1 aliphatic carbocycles. The summed E-state index contributed by atoms with van der Waals surface area (Å²) in [6, 6.07) is 8.49. The van der Waals surface area contributed by atoms with E-state index in [9.17, 15) is 4.79 Å². The second-order valence-corrected chi connectivity index (χ2v) is 7.58. The maximum Gasteiger partial charge on any atom is 0.159 e. The van der Waals surface area contributed by atoms with Crippen molar-refractivity contribution < 1.29 is 4.79 Å². The Balaban J connectivity index is 1.78. The first-order valence-electron chi connectivity index (χ1n) is 8.76. The van der Waals surface area contributed by atoms with Crippen molar-refractivity contribution in [3.05, 3.63) is 82.3 Å². The van der Waals surface area contributed by atoms with Crippen LogP contribution in [0.2, 0.25) is 0 Å². The predicted molar refractivity (Wildman–Crippen MR) is 108 cm³/mol. The lowest BCUT2D eigenvalue weighted by molar-refractivity contribution is -0.113. The van der Waals surface area contributed by atoms with E-state index in [4.69, 9.17) is 4.98 Å². The highest BCUT2D eigenvalue weighted by atomic mass is 32.1. The van der Waals surface area contributed by atoms with E-state index >= 15 is 0 Å². The van der Waals surface area contributed by atoms with Crippen LogP contribution in [0.1, 0.15) is 36.6 Å². The number of hydrogen-bond donors (Lipinski definition) is 0. The third-order valence-corrected chi connectivity index (χ3v) is 5.71. The van der Waals surface area contributed by atoms with Gasteiger partial charge in [-0.2, -0.15) is 0 Å². The van der Waals surface area contributed by atoms with Crippen molar-refractivity contribution in [1.29, 1.82) is 0 Å². The van der Waals surface area contributed by atoms with Crippen molar-refractivity contribution in [2.45, 2.75) is 26.7 Å². The van der Waals surface area contributed by atoms with E-state index < -0.39 is 0 Å². The molecule has 0 saturated carbocycles. The molecule has 4 rings (SSSR count). The number of nitrogens with zero attached hydrogens (tertiary/aromatic N) is 3. The molecule has 0 N–H and O–H groups in total. The van der Waals surface area contributed by atoms with Gasteiger partial charge in [-0.05, 0) is 38.0 Å². The molecule has 1 aromatic carbocycles. The number of ketones is 1. The molecule has 1 aliphatic rings. The van der Waals surface area contributed by atoms with Gasteiger partial charge in [0.1, 0.15) is 10.7 Å². The van der Waals surface area contributed by atoms with Crippen LogP contribution in [0.4, 0.5) is 0 Å². The van der Waals surface area contributed by atoms with Gasteiger partial charge in [-0.15, -0.1) is 11.3 Å². The SMILES string of the molecule is CC(=O)C1=C(C)C(c2ccc(C)cc2)C(c2csc(-c3cnccn3)n2)=C1. The largest absolute Gasteiger partial charge is 0.295 e. The number of aromatic nitrogens is 3. The molecule has 27 heavy (non-hydrogen) atoms. The van der Waals surface area contributed by atoms with E-state index in [2.05, 4.69) is 41.2 Å². The monoisotopic (exact) mass is 373 g/mol. The Hall–Kier alpha value is -2.92. The molecule has 3 aromatic rings. The normalized spacial score (nSPS) is 16.6. The molecule has 134 valence electrons. The summed E-state index contributed by atoms with van der Waals surface area (Å²) in [4.78, 5) is 25.4. The number of Topliss-reactive ketones (excluding diaryl/α,β-unsaturated/α-hetero) is 1. The Bertz CT molecular complexity index is 1060. The van der Waals surface area contributed by atoms with Gasteiger partial charge in [-0.1, -0.05) is 35.4 Å². The van der Waals surface area contributed by atoms with Crippen LogP contribution in [0.25, 0.3) is 16.3 Å². The van der Waals surface area contributed by atoms with Gasteiger partial charge in [0, 0.05) is 29.3 Å². The molecule has 0 bridgehead atoms. The molecule has 2 aromatic heterocycles. The molecule has 0 radical (unpaired) electrons. The average molecular weight is 373 g/mol. The van der Waals surface area contributed by atoms with E-state index in [-0.39, 0.29) is 11.7 Å². The highest BCUT2D eigenvalue weighted by molar-refractivity contribution is 7.13. The number of thiazole rings is 1. The summed E-state index contributed by atoms with van der Waals surface area (Å²) in [6.45, 7) is 5.74. The molecule has 1 unspecified atom stereocenters. The van der Waals surface area contributed by atoms with E-state index in [1.54, 1.807) is 36.9 Å². The third kappa shape index (κ3) is 3.26. The molecule has 0 fully saturated rings. The number of aryl methyl sites for hydroxylation is 1. The van der Waals surface area contributed by atoms with Gasteiger partial charge in [0.05, 0.1) is 11.9 Å². The zero-order valence-electron chi connectivity index (χ0n) is 15.4. The quantitative estimate of drug-likeness (QED) is 0.646. The molecule has 5 heteroatoms. The topological polar surface area (TPSA) is 55.7 Å². The molecule has 4 nitrogen and oxygen atoms in total. The van der Waals surface area contributed by atoms with Crippen LogP contribution < -0.4 is 0 Å². The van der Waals surface area contributed by atoms with Crippen LogP contribution in [0.5, 0.6) is 0 Å². The third-order valence-electron chi connectivity index (χ3n) is 4.84. The van der Waals surface area contributed by atoms with Gasteiger partial charge in [0.15, 0.2) is 5.78 Å². The fourth-order valence-electron chi connectivity index (χ4n) is 3.46. The Morgan fingerprint density at radius 1 is 1.07 bits per heavy atom. The smallest absolute Gasteiger partial charge is 0.159 e. The maximum absolute atomic E-state index is 12.2. The van der Waals surface area contributed by atoms with Gasteiger partial charge in [0.25, 0.3) is 0 Å². The molecular weight excluding hydrogens is 354 g/mol. The minimum atomic E-state index is 0.0429. The molecule has 0 spiro atoms. The molecular formula is C22H19N3OS. The summed E-state index contributed by atoms with van der Waals surface area (Å²) in [5.74, 6) is 0.130. The van der Waals surface area contributed by atoms with Crippen LogP contribution >= 0.6 is 11.3 Å².